The number of nitrogens with zero attached hydrogens (tertiary/aromatic N) is 2. The maximum atomic E-state index is 12.3. The van der Waals surface area contributed by atoms with E-state index in [-0.39, 0.29) is 11.2 Å². The second-order valence-electron chi connectivity index (χ2n) is 6.05. The first-order valence-electron chi connectivity index (χ1n) is 7.96. The van der Waals surface area contributed by atoms with Crippen LogP contribution in [0.15, 0.2) is 64.6 Å². The van der Waals surface area contributed by atoms with E-state index in [0.29, 0.717) is 12.3 Å². The third kappa shape index (κ3) is 2.31. The second-order valence-corrected chi connectivity index (χ2v) is 7.30. The lowest BCUT2D eigenvalue weighted by Crippen LogP contribution is -2.46. The van der Waals surface area contributed by atoms with E-state index in [0.717, 1.165) is 10.5 Å². The number of hydrogen-bond acceptors (Lipinski definition) is 4. The van der Waals surface area contributed by atoms with Crippen LogP contribution in [0.5, 0.6) is 0 Å². The lowest BCUT2D eigenvalue weighted by Gasteiger charge is -2.41. The summed E-state index contributed by atoms with van der Waals surface area (Å²) >= 11 is 1.82. The number of carbonyl (C=O) groups excluding carboxylic acids is 1. The van der Waals surface area contributed by atoms with Gasteiger partial charge in [-0.3, -0.25) is 4.79 Å². The number of benzene rings is 2. The molecule has 2 aromatic carbocycles. The molecule has 0 aromatic heterocycles. The minimum Gasteiger partial charge on any atom is -0.447 e. The van der Waals surface area contributed by atoms with Crippen molar-refractivity contribution >= 4 is 23.6 Å². The Morgan fingerprint density at radius 1 is 1.21 bits per heavy atom. The summed E-state index contributed by atoms with van der Waals surface area (Å²) in [6.45, 7) is 3.33. The molecule has 1 spiro atoms. The Kier molecular flexibility index (Phi) is 3.61. The number of carbonyl (C=O) groups is 1. The summed E-state index contributed by atoms with van der Waals surface area (Å²) in [4.78, 5) is 13.4. The van der Waals surface area contributed by atoms with Crippen LogP contribution < -0.4 is 0 Å². The maximum absolute atomic E-state index is 12.3. The van der Waals surface area contributed by atoms with Gasteiger partial charge in [0.15, 0.2) is 0 Å². The van der Waals surface area contributed by atoms with E-state index in [1.807, 2.05) is 48.2 Å². The molecular formula is C19H18N2O2S. The molecule has 2 heterocycles. The van der Waals surface area contributed by atoms with Crippen LogP contribution in [-0.4, -0.2) is 16.8 Å². The van der Waals surface area contributed by atoms with E-state index in [1.54, 1.807) is 6.92 Å². The minimum absolute atomic E-state index is 0.111. The van der Waals surface area contributed by atoms with Crippen molar-refractivity contribution in [2.45, 2.75) is 36.1 Å². The molecule has 4 rings (SSSR count). The van der Waals surface area contributed by atoms with Crippen LogP contribution in [0.2, 0.25) is 0 Å². The molecule has 0 radical (unpaired) electrons. The van der Waals surface area contributed by atoms with Gasteiger partial charge in [0, 0.05) is 36.0 Å². The number of ether oxygens (including phenoxy) is 1. The van der Waals surface area contributed by atoms with Gasteiger partial charge in [-0.25, -0.2) is 0 Å². The fourth-order valence-electron chi connectivity index (χ4n) is 3.45. The lowest BCUT2D eigenvalue weighted by atomic mass is 9.93. The summed E-state index contributed by atoms with van der Waals surface area (Å²) in [5, 5.41) is 6.07. The molecule has 24 heavy (non-hydrogen) atoms. The summed E-state index contributed by atoms with van der Waals surface area (Å²) in [7, 11) is 0. The van der Waals surface area contributed by atoms with Gasteiger partial charge in [0.25, 0.3) is 0 Å². The summed E-state index contributed by atoms with van der Waals surface area (Å²) in [6.07, 6.45) is 0.666. The average molecular weight is 338 g/mol. The van der Waals surface area contributed by atoms with Crippen molar-refractivity contribution in [2.24, 2.45) is 5.10 Å². The Bertz CT molecular complexity index is 821. The Morgan fingerprint density at radius 3 is 2.67 bits per heavy atom. The number of amides is 1. The standard InChI is InChI=1S/C19H18N2O2S/c1-13-20-21(14(2)22)19(23-13)12-18(15-8-4-3-5-9-15)24-17-11-7-6-10-16(17)19/h3-11,18H,12H2,1-2H3/t18-,19+/m1/s1. The second kappa shape index (κ2) is 5.67. The summed E-state index contributed by atoms with van der Waals surface area (Å²) in [5.74, 6) is 0.416. The van der Waals surface area contributed by atoms with Gasteiger partial charge in [-0.1, -0.05) is 48.5 Å². The monoisotopic (exact) mass is 338 g/mol. The molecule has 2 atom stereocenters. The molecule has 1 amide bonds. The molecule has 4 nitrogen and oxygen atoms in total. The molecule has 0 fully saturated rings. The fraction of sp³-hybridized carbons (Fsp3) is 0.263. The molecule has 2 aliphatic heterocycles. The molecule has 0 unspecified atom stereocenters. The van der Waals surface area contributed by atoms with E-state index in [9.17, 15) is 4.79 Å². The van der Waals surface area contributed by atoms with Crippen molar-refractivity contribution in [3.05, 3.63) is 65.7 Å². The van der Waals surface area contributed by atoms with Crippen LogP contribution in [0.4, 0.5) is 0 Å². The number of thioether (sulfide) groups is 1. The lowest BCUT2D eigenvalue weighted by molar-refractivity contribution is -0.151. The molecule has 2 aliphatic rings. The number of fused-ring (bicyclic) bond motifs is 2. The number of hydrazone groups is 1. The Balaban J connectivity index is 1.85. The Morgan fingerprint density at radius 2 is 1.92 bits per heavy atom. The van der Waals surface area contributed by atoms with Gasteiger partial charge in [0.2, 0.25) is 17.5 Å². The van der Waals surface area contributed by atoms with Gasteiger partial charge in [0.1, 0.15) is 0 Å². The van der Waals surface area contributed by atoms with Crippen molar-refractivity contribution in [3.63, 3.8) is 0 Å². The third-order valence-corrected chi connectivity index (χ3v) is 5.74. The van der Waals surface area contributed by atoms with Gasteiger partial charge in [0.05, 0.1) is 0 Å². The molecule has 2 aromatic rings. The number of hydrogen-bond donors (Lipinski definition) is 0. The molecule has 0 bridgehead atoms. The van der Waals surface area contributed by atoms with Crippen molar-refractivity contribution in [3.8, 4) is 0 Å². The Labute approximate surface area is 145 Å². The van der Waals surface area contributed by atoms with Crippen LogP contribution in [0.25, 0.3) is 0 Å². The smallest absolute Gasteiger partial charge is 0.243 e. The highest BCUT2D eigenvalue weighted by atomic mass is 32.2. The van der Waals surface area contributed by atoms with E-state index in [1.165, 1.54) is 17.5 Å². The van der Waals surface area contributed by atoms with Crippen molar-refractivity contribution in [1.82, 2.24) is 5.01 Å². The summed E-state index contributed by atoms with van der Waals surface area (Å²) in [5.41, 5.74) is 1.39. The van der Waals surface area contributed by atoms with Gasteiger partial charge in [-0.05, 0) is 11.6 Å². The van der Waals surface area contributed by atoms with Crippen LogP contribution in [-0.2, 0) is 15.3 Å². The molecule has 5 heteroatoms. The minimum atomic E-state index is -0.849. The molecule has 0 saturated carbocycles. The maximum Gasteiger partial charge on any atom is 0.243 e. The summed E-state index contributed by atoms with van der Waals surface area (Å²) in [6, 6.07) is 18.5. The Hall–Kier alpha value is -2.27. The zero-order valence-corrected chi connectivity index (χ0v) is 14.4. The number of rotatable bonds is 1. The van der Waals surface area contributed by atoms with Gasteiger partial charge in [-0.2, -0.15) is 5.01 Å². The normalized spacial score (nSPS) is 25.2. The van der Waals surface area contributed by atoms with Gasteiger partial charge >= 0.3 is 0 Å². The zero-order valence-electron chi connectivity index (χ0n) is 13.6. The molecular weight excluding hydrogens is 320 g/mol. The molecule has 122 valence electrons. The predicted molar refractivity (Wildman–Crippen MR) is 94.5 cm³/mol. The van der Waals surface area contributed by atoms with E-state index in [4.69, 9.17) is 4.74 Å². The van der Waals surface area contributed by atoms with Crippen molar-refractivity contribution in [2.75, 3.05) is 0 Å². The molecule has 0 aliphatic carbocycles. The highest BCUT2D eigenvalue weighted by molar-refractivity contribution is 7.99. The average Bonchev–Trinajstić information content (AvgIpc) is 2.92. The highest BCUT2D eigenvalue weighted by Gasteiger charge is 2.53. The quantitative estimate of drug-likeness (QED) is 0.779. The third-order valence-electron chi connectivity index (χ3n) is 4.41. The predicted octanol–water partition coefficient (Wildman–Crippen LogP) is 4.29. The van der Waals surface area contributed by atoms with Gasteiger partial charge in [-0.15, -0.1) is 16.9 Å². The van der Waals surface area contributed by atoms with Crippen LogP contribution in [0.1, 0.15) is 36.6 Å². The fourth-order valence-corrected chi connectivity index (χ4v) is 4.87. The van der Waals surface area contributed by atoms with Crippen molar-refractivity contribution < 1.29 is 9.53 Å². The first-order chi connectivity index (χ1) is 11.6. The molecule has 0 N–H and O–H groups in total. The summed E-state index contributed by atoms with van der Waals surface area (Å²) < 4.78 is 6.18. The van der Waals surface area contributed by atoms with E-state index in [2.05, 4.69) is 23.3 Å². The topological polar surface area (TPSA) is 41.9 Å². The zero-order chi connectivity index (χ0) is 16.7. The first kappa shape index (κ1) is 15.3. The van der Waals surface area contributed by atoms with E-state index >= 15 is 0 Å². The van der Waals surface area contributed by atoms with Crippen LogP contribution >= 0.6 is 11.8 Å². The van der Waals surface area contributed by atoms with Gasteiger partial charge < -0.3 is 4.74 Å². The highest BCUT2D eigenvalue weighted by Crippen LogP contribution is 2.55. The van der Waals surface area contributed by atoms with E-state index < -0.39 is 5.72 Å². The first-order valence-corrected chi connectivity index (χ1v) is 8.84. The largest absolute Gasteiger partial charge is 0.447 e. The van der Waals surface area contributed by atoms with Crippen LogP contribution in [0.3, 0.4) is 0 Å². The molecule has 0 saturated heterocycles. The SMILES string of the molecule is CC(=O)N1N=C(C)O[C@]12C[C@H](c1ccccc1)Sc1ccccc12. The van der Waals surface area contributed by atoms with Crippen molar-refractivity contribution in [1.29, 1.82) is 0 Å². The van der Waals surface area contributed by atoms with Crippen LogP contribution in [0, 0.1) is 0 Å².